The van der Waals surface area contributed by atoms with Crippen LogP contribution in [0.2, 0.25) is 0 Å². The molecular formula is C29H32F2N8. The first kappa shape index (κ1) is 25.4. The normalized spacial score (nSPS) is 15.2. The zero-order chi connectivity index (χ0) is 27.3. The molecule has 1 saturated heterocycles. The molecule has 0 unspecified atom stereocenters. The van der Waals surface area contributed by atoms with Gasteiger partial charge in [0.2, 0.25) is 5.95 Å². The van der Waals surface area contributed by atoms with Gasteiger partial charge >= 0.3 is 0 Å². The summed E-state index contributed by atoms with van der Waals surface area (Å²) < 4.78 is 34.2. The summed E-state index contributed by atoms with van der Waals surface area (Å²) in [6.45, 7) is 11.3. The van der Waals surface area contributed by atoms with Crippen molar-refractivity contribution in [3.05, 3.63) is 60.2 Å². The van der Waals surface area contributed by atoms with Crippen LogP contribution < -0.4 is 5.32 Å². The fourth-order valence-electron chi connectivity index (χ4n) is 5.74. The SMILES string of the molecule is CCN1CCC(n2ccc3nc(Nc4ncc(F)c(-c5cc(F)c6nc(C)n(C(C)C)c6c5)n4)ccc32)CC1. The Bertz CT molecular complexity index is 1660. The third-order valence-electron chi connectivity index (χ3n) is 7.67. The van der Waals surface area contributed by atoms with Crippen LogP contribution in [0.15, 0.2) is 42.7 Å². The van der Waals surface area contributed by atoms with Crippen molar-refractivity contribution in [1.82, 2.24) is 34.0 Å². The first-order valence-electron chi connectivity index (χ1n) is 13.5. The molecule has 0 amide bonds. The smallest absolute Gasteiger partial charge is 0.229 e. The van der Waals surface area contributed by atoms with Crippen LogP contribution in [-0.4, -0.2) is 53.6 Å². The minimum absolute atomic E-state index is 0.00751. The molecule has 6 rings (SSSR count). The van der Waals surface area contributed by atoms with Gasteiger partial charge in [-0.3, -0.25) is 0 Å². The predicted octanol–water partition coefficient (Wildman–Crippen LogP) is 6.41. The lowest BCUT2D eigenvalue weighted by Gasteiger charge is -2.32. The second kappa shape index (κ2) is 10.00. The fourth-order valence-corrected chi connectivity index (χ4v) is 5.74. The Morgan fingerprint density at radius 1 is 1.00 bits per heavy atom. The Balaban J connectivity index is 1.29. The molecular weight excluding hydrogens is 498 g/mol. The molecule has 39 heavy (non-hydrogen) atoms. The van der Waals surface area contributed by atoms with Crippen LogP contribution >= 0.6 is 0 Å². The molecule has 8 nitrogen and oxygen atoms in total. The number of anilines is 2. The van der Waals surface area contributed by atoms with Gasteiger partial charge in [0.25, 0.3) is 0 Å². The van der Waals surface area contributed by atoms with E-state index in [4.69, 9.17) is 4.98 Å². The topological polar surface area (TPSA) is 76.7 Å². The number of nitrogens with zero attached hydrogens (tertiary/aromatic N) is 7. The van der Waals surface area contributed by atoms with Gasteiger partial charge in [-0.1, -0.05) is 6.92 Å². The van der Waals surface area contributed by atoms with Crippen molar-refractivity contribution in [3.8, 4) is 11.3 Å². The third-order valence-corrected chi connectivity index (χ3v) is 7.67. The van der Waals surface area contributed by atoms with Gasteiger partial charge < -0.3 is 19.4 Å². The summed E-state index contributed by atoms with van der Waals surface area (Å²) in [6.07, 6.45) is 5.44. The van der Waals surface area contributed by atoms with E-state index >= 15 is 4.39 Å². The van der Waals surface area contributed by atoms with Gasteiger partial charge in [-0.2, -0.15) is 0 Å². The van der Waals surface area contributed by atoms with Crippen LogP contribution in [0, 0.1) is 18.6 Å². The number of rotatable bonds is 6. The van der Waals surface area contributed by atoms with Crippen LogP contribution in [0.3, 0.4) is 0 Å². The summed E-state index contributed by atoms with van der Waals surface area (Å²) in [5, 5.41) is 3.09. The van der Waals surface area contributed by atoms with Gasteiger partial charge in [0, 0.05) is 36.9 Å². The largest absolute Gasteiger partial charge is 0.343 e. The number of likely N-dealkylation sites (tertiary alicyclic amines) is 1. The van der Waals surface area contributed by atoms with Crippen molar-refractivity contribution in [3.63, 3.8) is 0 Å². The van der Waals surface area contributed by atoms with Crippen LogP contribution in [0.25, 0.3) is 33.3 Å². The van der Waals surface area contributed by atoms with Gasteiger partial charge in [-0.15, -0.1) is 0 Å². The lowest BCUT2D eigenvalue weighted by Crippen LogP contribution is -2.34. The molecule has 5 aromatic rings. The molecule has 10 heteroatoms. The maximum atomic E-state index is 15.0. The van der Waals surface area contributed by atoms with E-state index in [0.29, 0.717) is 28.8 Å². The monoisotopic (exact) mass is 530 g/mol. The molecule has 1 aromatic carbocycles. The number of piperidine rings is 1. The van der Waals surface area contributed by atoms with Crippen LogP contribution in [0.5, 0.6) is 0 Å². The number of aryl methyl sites for hydroxylation is 1. The quantitative estimate of drug-likeness (QED) is 0.273. The number of hydrogen-bond acceptors (Lipinski definition) is 6. The Kier molecular flexibility index (Phi) is 6.50. The molecule has 0 atom stereocenters. The van der Waals surface area contributed by atoms with Crippen molar-refractivity contribution in [2.45, 2.75) is 52.6 Å². The Morgan fingerprint density at radius 2 is 1.79 bits per heavy atom. The number of hydrogen-bond donors (Lipinski definition) is 1. The number of nitrogens with one attached hydrogen (secondary N) is 1. The van der Waals surface area contributed by atoms with E-state index in [1.165, 1.54) is 6.07 Å². The molecule has 0 radical (unpaired) electrons. The Labute approximate surface area is 225 Å². The Morgan fingerprint density at radius 3 is 2.54 bits per heavy atom. The van der Waals surface area contributed by atoms with E-state index < -0.39 is 11.6 Å². The summed E-state index contributed by atoms with van der Waals surface area (Å²) in [6, 6.07) is 9.46. The third kappa shape index (κ3) is 4.63. The summed E-state index contributed by atoms with van der Waals surface area (Å²) in [7, 11) is 0. The first-order chi connectivity index (χ1) is 18.8. The van der Waals surface area contributed by atoms with Crippen molar-refractivity contribution < 1.29 is 8.78 Å². The van der Waals surface area contributed by atoms with Crippen LogP contribution in [0.4, 0.5) is 20.5 Å². The Hall–Kier alpha value is -3.92. The molecule has 0 spiro atoms. The highest BCUT2D eigenvalue weighted by Crippen LogP contribution is 2.31. The first-order valence-corrected chi connectivity index (χ1v) is 13.5. The van der Waals surface area contributed by atoms with Crippen molar-refractivity contribution in [2.24, 2.45) is 0 Å². The highest BCUT2D eigenvalue weighted by Gasteiger charge is 2.21. The highest BCUT2D eigenvalue weighted by atomic mass is 19.1. The standard InChI is InChI=1S/C29H32F2N8/c1-5-37-11-8-20(9-12-37)38-13-10-23-24(38)6-7-26(34-23)35-29-32-16-22(31)27(36-29)19-14-21(30)28-25(15-19)39(17(2)3)18(4)33-28/h6-7,10,13-17,20H,5,8-9,11-12H2,1-4H3,(H,32,34,35,36). The predicted molar refractivity (Wildman–Crippen MR) is 149 cm³/mol. The molecule has 1 aliphatic heterocycles. The minimum atomic E-state index is -0.638. The van der Waals surface area contributed by atoms with E-state index in [2.05, 4.69) is 42.9 Å². The number of fused-ring (bicyclic) bond motifs is 2. The number of halogens is 2. The molecule has 5 heterocycles. The second-order valence-corrected chi connectivity index (χ2v) is 10.5. The number of benzene rings is 1. The lowest BCUT2D eigenvalue weighted by atomic mass is 10.0. The summed E-state index contributed by atoms with van der Waals surface area (Å²) >= 11 is 0. The average Bonchev–Trinajstić information content (AvgIpc) is 3.50. The van der Waals surface area contributed by atoms with E-state index in [0.717, 1.165) is 49.7 Å². The molecule has 0 aliphatic carbocycles. The summed E-state index contributed by atoms with van der Waals surface area (Å²) in [5.74, 6) is 0.270. The maximum absolute atomic E-state index is 15.0. The zero-order valence-corrected chi connectivity index (χ0v) is 22.6. The zero-order valence-electron chi connectivity index (χ0n) is 22.6. The number of imidazole rings is 1. The number of aromatic nitrogens is 6. The highest BCUT2D eigenvalue weighted by molar-refractivity contribution is 5.83. The molecule has 0 bridgehead atoms. The van der Waals surface area contributed by atoms with E-state index in [1.54, 1.807) is 6.07 Å². The van der Waals surface area contributed by atoms with Crippen LogP contribution in [0.1, 0.15) is 51.5 Å². The van der Waals surface area contributed by atoms with E-state index in [9.17, 15) is 4.39 Å². The fraction of sp³-hybridized carbons (Fsp3) is 0.379. The summed E-state index contributed by atoms with van der Waals surface area (Å²) in [5.41, 5.74) is 3.13. The van der Waals surface area contributed by atoms with Gasteiger partial charge in [0.05, 0.1) is 22.7 Å². The molecule has 1 aliphatic rings. The van der Waals surface area contributed by atoms with Crippen LogP contribution in [-0.2, 0) is 0 Å². The molecule has 1 N–H and O–H groups in total. The van der Waals surface area contributed by atoms with Crippen molar-refractivity contribution >= 4 is 33.8 Å². The van der Waals surface area contributed by atoms with E-state index in [-0.39, 0.29) is 23.2 Å². The van der Waals surface area contributed by atoms with Gasteiger partial charge in [0.15, 0.2) is 11.6 Å². The molecule has 4 aromatic heterocycles. The molecule has 202 valence electrons. The van der Waals surface area contributed by atoms with E-state index in [1.807, 2.05) is 43.5 Å². The summed E-state index contributed by atoms with van der Waals surface area (Å²) in [4.78, 5) is 20.1. The molecule has 1 fully saturated rings. The van der Waals surface area contributed by atoms with Gasteiger partial charge in [-0.05, 0) is 70.5 Å². The molecule has 0 saturated carbocycles. The minimum Gasteiger partial charge on any atom is -0.343 e. The van der Waals surface area contributed by atoms with Crippen molar-refractivity contribution in [2.75, 3.05) is 25.0 Å². The van der Waals surface area contributed by atoms with Gasteiger partial charge in [-0.25, -0.2) is 28.7 Å². The second-order valence-electron chi connectivity index (χ2n) is 10.5. The average molecular weight is 531 g/mol. The van der Waals surface area contributed by atoms with Crippen molar-refractivity contribution in [1.29, 1.82) is 0 Å². The van der Waals surface area contributed by atoms with Gasteiger partial charge in [0.1, 0.15) is 22.9 Å². The lowest BCUT2D eigenvalue weighted by molar-refractivity contribution is 0.197. The number of pyridine rings is 1. The maximum Gasteiger partial charge on any atom is 0.229 e.